The Hall–Kier alpha value is -2.30. The molecule has 4 rings (SSSR count). The smallest absolute Gasteiger partial charge is 0.253 e. The van der Waals surface area contributed by atoms with Gasteiger partial charge >= 0.3 is 0 Å². The van der Waals surface area contributed by atoms with E-state index in [0.717, 1.165) is 62.0 Å². The molecule has 1 aromatic carbocycles. The van der Waals surface area contributed by atoms with Crippen LogP contribution in [0, 0.1) is 5.41 Å². The van der Waals surface area contributed by atoms with E-state index in [2.05, 4.69) is 0 Å². The number of furan rings is 1. The highest BCUT2D eigenvalue weighted by Crippen LogP contribution is 2.40. The van der Waals surface area contributed by atoms with Crippen molar-refractivity contribution in [3.63, 3.8) is 0 Å². The number of carbonyl (C=O) groups is 2. The molecule has 2 aliphatic heterocycles. The summed E-state index contributed by atoms with van der Waals surface area (Å²) in [5, 5.41) is 0.962. The Morgan fingerprint density at radius 1 is 1.20 bits per heavy atom. The molecule has 3 heterocycles. The SMILES string of the molecule is CCN1CC2(CCC1=O)CCN(C(=O)c1ccc3occc3c1)CC2. The van der Waals surface area contributed by atoms with Crippen LogP contribution in [0.15, 0.2) is 34.9 Å². The third kappa shape index (κ3) is 2.92. The summed E-state index contributed by atoms with van der Waals surface area (Å²) >= 11 is 0. The molecule has 132 valence electrons. The third-order valence-electron chi connectivity index (χ3n) is 5.94. The summed E-state index contributed by atoms with van der Waals surface area (Å²) in [7, 11) is 0. The lowest BCUT2D eigenvalue weighted by atomic mass is 9.72. The molecule has 1 spiro atoms. The van der Waals surface area contributed by atoms with Crippen LogP contribution in [0.3, 0.4) is 0 Å². The minimum absolute atomic E-state index is 0.0946. The Kier molecular flexibility index (Phi) is 4.02. The molecule has 0 radical (unpaired) electrons. The Morgan fingerprint density at radius 2 is 2.00 bits per heavy atom. The van der Waals surface area contributed by atoms with E-state index in [4.69, 9.17) is 4.42 Å². The van der Waals surface area contributed by atoms with E-state index in [0.29, 0.717) is 6.42 Å². The van der Waals surface area contributed by atoms with Crippen LogP contribution in [0.4, 0.5) is 0 Å². The second-order valence-electron chi connectivity index (χ2n) is 7.37. The van der Waals surface area contributed by atoms with E-state index in [-0.39, 0.29) is 17.2 Å². The zero-order valence-corrected chi connectivity index (χ0v) is 14.7. The van der Waals surface area contributed by atoms with Gasteiger partial charge in [-0.25, -0.2) is 0 Å². The summed E-state index contributed by atoms with van der Waals surface area (Å²) in [6.07, 6.45) is 5.23. The van der Waals surface area contributed by atoms with Crippen molar-refractivity contribution in [1.82, 2.24) is 9.80 Å². The van der Waals surface area contributed by atoms with E-state index in [1.54, 1.807) is 6.26 Å². The van der Waals surface area contributed by atoms with E-state index < -0.39 is 0 Å². The maximum absolute atomic E-state index is 12.8. The van der Waals surface area contributed by atoms with Gasteiger partial charge in [0.05, 0.1) is 6.26 Å². The predicted molar refractivity (Wildman–Crippen MR) is 95.3 cm³/mol. The van der Waals surface area contributed by atoms with Gasteiger partial charge in [-0.05, 0) is 55.9 Å². The summed E-state index contributed by atoms with van der Waals surface area (Å²) in [6.45, 7) is 5.23. The Bertz CT molecular complexity index is 802. The first kappa shape index (κ1) is 16.2. The normalized spacial score (nSPS) is 20.4. The van der Waals surface area contributed by atoms with Gasteiger partial charge in [0.2, 0.25) is 5.91 Å². The van der Waals surface area contributed by atoms with Crippen LogP contribution >= 0.6 is 0 Å². The Labute approximate surface area is 147 Å². The molecule has 2 aliphatic rings. The number of nitrogens with zero attached hydrogens (tertiary/aromatic N) is 2. The number of carbonyl (C=O) groups excluding carboxylic acids is 2. The van der Waals surface area contributed by atoms with Gasteiger partial charge in [-0.3, -0.25) is 9.59 Å². The Morgan fingerprint density at radius 3 is 2.76 bits per heavy atom. The molecule has 2 aromatic rings. The van der Waals surface area contributed by atoms with Crippen molar-refractivity contribution in [2.45, 2.75) is 32.6 Å². The molecular weight excluding hydrogens is 316 g/mol. The molecule has 5 nitrogen and oxygen atoms in total. The van der Waals surface area contributed by atoms with Crippen molar-refractivity contribution in [2.24, 2.45) is 5.41 Å². The van der Waals surface area contributed by atoms with E-state index in [1.165, 1.54) is 0 Å². The predicted octanol–water partition coefficient (Wildman–Crippen LogP) is 3.30. The number of piperidine rings is 2. The molecule has 0 atom stereocenters. The molecule has 5 heteroatoms. The second kappa shape index (κ2) is 6.21. The molecule has 25 heavy (non-hydrogen) atoms. The maximum atomic E-state index is 12.8. The standard InChI is InChI=1S/C20H24N2O3/c1-2-21-14-20(7-5-18(21)23)8-10-22(11-9-20)19(24)16-3-4-17-15(13-16)6-12-25-17/h3-4,6,12-13H,2,5,7-11,14H2,1H3. The van der Waals surface area contributed by atoms with Gasteiger partial charge in [0.25, 0.3) is 5.91 Å². The number of rotatable bonds is 2. The highest BCUT2D eigenvalue weighted by atomic mass is 16.3. The lowest BCUT2D eigenvalue weighted by Gasteiger charge is -2.47. The topological polar surface area (TPSA) is 53.8 Å². The van der Waals surface area contributed by atoms with Crippen molar-refractivity contribution in [2.75, 3.05) is 26.2 Å². The van der Waals surface area contributed by atoms with Crippen LogP contribution in [0.1, 0.15) is 43.0 Å². The number of hydrogen-bond acceptors (Lipinski definition) is 3. The van der Waals surface area contributed by atoms with Gasteiger partial charge in [0.15, 0.2) is 0 Å². The number of benzene rings is 1. The maximum Gasteiger partial charge on any atom is 0.253 e. The Balaban J connectivity index is 1.44. The van der Waals surface area contributed by atoms with Gasteiger partial charge < -0.3 is 14.2 Å². The van der Waals surface area contributed by atoms with Crippen molar-refractivity contribution in [3.05, 3.63) is 36.1 Å². The lowest BCUT2D eigenvalue weighted by molar-refractivity contribution is -0.138. The highest BCUT2D eigenvalue weighted by Gasteiger charge is 2.41. The van der Waals surface area contributed by atoms with Crippen LogP contribution in [-0.4, -0.2) is 47.8 Å². The summed E-state index contributed by atoms with van der Waals surface area (Å²) in [6, 6.07) is 7.50. The van der Waals surface area contributed by atoms with Gasteiger partial charge in [-0.2, -0.15) is 0 Å². The van der Waals surface area contributed by atoms with Gasteiger partial charge in [-0.15, -0.1) is 0 Å². The molecule has 0 saturated carbocycles. The van der Waals surface area contributed by atoms with Gasteiger partial charge in [-0.1, -0.05) is 0 Å². The summed E-state index contributed by atoms with van der Waals surface area (Å²) < 4.78 is 5.35. The first-order valence-corrected chi connectivity index (χ1v) is 9.15. The number of likely N-dealkylation sites (tertiary alicyclic amines) is 2. The fraction of sp³-hybridized carbons (Fsp3) is 0.500. The molecule has 0 unspecified atom stereocenters. The monoisotopic (exact) mass is 340 g/mol. The second-order valence-corrected chi connectivity index (χ2v) is 7.37. The fourth-order valence-corrected chi connectivity index (χ4v) is 4.27. The number of fused-ring (bicyclic) bond motifs is 1. The van der Waals surface area contributed by atoms with Gasteiger partial charge in [0.1, 0.15) is 5.58 Å². The average molecular weight is 340 g/mol. The average Bonchev–Trinajstić information content (AvgIpc) is 3.12. The molecule has 0 aliphatic carbocycles. The van der Waals surface area contributed by atoms with E-state index >= 15 is 0 Å². The molecular formula is C20H24N2O3. The molecule has 0 bridgehead atoms. The first-order valence-electron chi connectivity index (χ1n) is 9.15. The van der Waals surface area contributed by atoms with Crippen LogP contribution in [0.5, 0.6) is 0 Å². The number of amides is 2. The van der Waals surface area contributed by atoms with E-state index in [9.17, 15) is 9.59 Å². The van der Waals surface area contributed by atoms with E-state index in [1.807, 2.05) is 41.0 Å². The molecule has 2 amide bonds. The lowest BCUT2D eigenvalue weighted by Crippen LogP contribution is -2.52. The van der Waals surface area contributed by atoms with Crippen LogP contribution in [0.2, 0.25) is 0 Å². The largest absolute Gasteiger partial charge is 0.464 e. The molecule has 1 aromatic heterocycles. The number of hydrogen-bond donors (Lipinski definition) is 0. The van der Waals surface area contributed by atoms with Gasteiger partial charge in [0, 0.05) is 43.5 Å². The molecule has 2 fully saturated rings. The third-order valence-corrected chi connectivity index (χ3v) is 5.94. The minimum atomic E-state index is 0.0946. The summed E-state index contributed by atoms with van der Waals surface area (Å²) in [5.74, 6) is 0.372. The zero-order valence-electron chi connectivity index (χ0n) is 14.7. The zero-order chi connectivity index (χ0) is 17.4. The van der Waals surface area contributed by atoms with Crippen LogP contribution in [-0.2, 0) is 4.79 Å². The van der Waals surface area contributed by atoms with Crippen molar-refractivity contribution in [1.29, 1.82) is 0 Å². The van der Waals surface area contributed by atoms with Crippen molar-refractivity contribution in [3.8, 4) is 0 Å². The molecule has 2 saturated heterocycles. The van der Waals surface area contributed by atoms with Crippen molar-refractivity contribution >= 4 is 22.8 Å². The summed E-state index contributed by atoms with van der Waals surface area (Å²) in [4.78, 5) is 28.7. The van der Waals surface area contributed by atoms with Crippen molar-refractivity contribution < 1.29 is 14.0 Å². The molecule has 0 N–H and O–H groups in total. The van der Waals surface area contributed by atoms with Crippen LogP contribution < -0.4 is 0 Å². The first-order chi connectivity index (χ1) is 12.1. The van der Waals surface area contributed by atoms with Crippen LogP contribution in [0.25, 0.3) is 11.0 Å². The quantitative estimate of drug-likeness (QED) is 0.843. The summed E-state index contributed by atoms with van der Waals surface area (Å²) in [5.41, 5.74) is 1.73. The fourth-order valence-electron chi connectivity index (χ4n) is 4.27. The highest BCUT2D eigenvalue weighted by molar-refractivity contribution is 5.97. The minimum Gasteiger partial charge on any atom is -0.464 e.